The summed E-state index contributed by atoms with van der Waals surface area (Å²) in [5.74, 6) is -1.88. The third-order valence-corrected chi connectivity index (χ3v) is 6.10. The Labute approximate surface area is 218 Å². The quantitative estimate of drug-likeness (QED) is 0.331. The number of benzene rings is 1. The van der Waals surface area contributed by atoms with E-state index in [4.69, 9.17) is 9.15 Å². The van der Waals surface area contributed by atoms with Crippen LogP contribution in [0.3, 0.4) is 0 Å². The van der Waals surface area contributed by atoms with Crippen molar-refractivity contribution in [3.63, 3.8) is 0 Å². The van der Waals surface area contributed by atoms with Crippen molar-refractivity contribution in [3.05, 3.63) is 69.9 Å². The van der Waals surface area contributed by atoms with Crippen LogP contribution in [0.15, 0.2) is 51.8 Å². The van der Waals surface area contributed by atoms with E-state index >= 15 is 0 Å². The van der Waals surface area contributed by atoms with Crippen molar-refractivity contribution in [2.45, 2.75) is 52.1 Å². The molecule has 1 aromatic heterocycles. The van der Waals surface area contributed by atoms with Crippen molar-refractivity contribution in [1.82, 2.24) is 5.32 Å². The zero-order chi connectivity index (χ0) is 28.5. The summed E-state index contributed by atoms with van der Waals surface area (Å²) in [5.41, 5.74) is -0.573. The number of aromatic hydroxyl groups is 1. The molecular weight excluding hydrogens is 507 g/mol. The van der Waals surface area contributed by atoms with E-state index in [-0.39, 0.29) is 23.3 Å². The van der Waals surface area contributed by atoms with Gasteiger partial charge in [0.15, 0.2) is 12.4 Å². The third kappa shape index (κ3) is 9.28. The Hall–Kier alpha value is -3.76. The maximum Gasteiger partial charge on any atom is 0.422 e. The number of Topliss-reactive ketones (excluding diaryl/α,β-unsaturated/α-hetero) is 1. The van der Waals surface area contributed by atoms with Crippen LogP contribution >= 0.6 is 0 Å². The van der Waals surface area contributed by atoms with Gasteiger partial charge in [-0.1, -0.05) is 39.0 Å². The normalized spacial score (nSPS) is 14.1. The number of hydrogen-bond acceptors (Lipinski definition) is 7. The van der Waals surface area contributed by atoms with E-state index in [2.05, 4.69) is 10.1 Å². The molecule has 0 aliphatic carbocycles. The molecule has 8 nitrogen and oxygen atoms in total. The molecule has 3 unspecified atom stereocenters. The van der Waals surface area contributed by atoms with Gasteiger partial charge in [-0.15, -0.1) is 0 Å². The van der Waals surface area contributed by atoms with Crippen LogP contribution in [-0.4, -0.2) is 36.9 Å². The molecule has 3 atom stereocenters. The Balaban J connectivity index is 2.01. The molecule has 0 radical (unpaired) electrons. The van der Waals surface area contributed by atoms with Crippen molar-refractivity contribution in [1.29, 1.82) is 0 Å². The molecule has 11 heteroatoms. The Morgan fingerprint density at radius 2 is 1.82 bits per heavy atom. The number of carbonyl (C=O) groups is 2. The van der Waals surface area contributed by atoms with Gasteiger partial charge in [-0.2, -0.15) is 13.2 Å². The molecule has 0 fully saturated rings. The number of halogens is 3. The highest BCUT2D eigenvalue weighted by atomic mass is 19.4. The van der Waals surface area contributed by atoms with E-state index in [1.165, 1.54) is 31.5 Å². The second-order valence-electron chi connectivity index (χ2n) is 9.10. The molecule has 2 N–H and O–H groups in total. The number of hydrogen-bond donors (Lipinski definition) is 2. The van der Waals surface area contributed by atoms with Gasteiger partial charge in [0.05, 0.1) is 7.11 Å². The fourth-order valence-electron chi connectivity index (χ4n) is 3.65. The average Bonchev–Trinajstić information content (AvgIpc) is 2.86. The van der Waals surface area contributed by atoms with Crippen molar-refractivity contribution in [2.75, 3.05) is 13.7 Å². The summed E-state index contributed by atoms with van der Waals surface area (Å²) in [6.45, 7) is 3.85. The van der Waals surface area contributed by atoms with Gasteiger partial charge in [0.2, 0.25) is 0 Å². The number of alkyl halides is 3. The highest BCUT2D eigenvalue weighted by molar-refractivity contribution is 5.99. The molecular formula is C27H32F3NO7. The van der Waals surface area contributed by atoms with Crippen molar-refractivity contribution in [3.8, 4) is 11.5 Å². The first-order valence-corrected chi connectivity index (χ1v) is 12.0. The molecule has 0 spiro atoms. The molecule has 0 saturated heterocycles. The lowest BCUT2D eigenvalue weighted by molar-refractivity contribution is -0.153. The molecule has 38 heavy (non-hydrogen) atoms. The van der Waals surface area contributed by atoms with Crippen LogP contribution in [0.1, 0.15) is 61.2 Å². The van der Waals surface area contributed by atoms with E-state index in [0.717, 1.165) is 5.56 Å². The number of carbonyl (C=O) groups excluding carboxylic acids is 2. The van der Waals surface area contributed by atoms with Gasteiger partial charge in [0.1, 0.15) is 22.8 Å². The van der Waals surface area contributed by atoms with Crippen LogP contribution in [0.5, 0.6) is 11.5 Å². The lowest BCUT2D eigenvalue weighted by Crippen LogP contribution is -2.26. The van der Waals surface area contributed by atoms with Crippen LogP contribution in [0, 0.1) is 11.8 Å². The lowest BCUT2D eigenvalue weighted by Gasteiger charge is -2.19. The molecule has 2 aromatic rings. The predicted molar refractivity (Wildman–Crippen MR) is 133 cm³/mol. The maximum absolute atomic E-state index is 13.1. The van der Waals surface area contributed by atoms with Crippen LogP contribution in [0.2, 0.25) is 0 Å². The molecule has 0 aliphatic rings. The SMILES string of the molecule is COC(=O)N/C=C/CCC(C)c1cc(O)c(C(=O)C(C)C(C)Cc2ccc(OCC(F)(F)F)cc2)c(=O)o1. The van der Waals surface area contributed by atoms with Crippen LogP contribution in [0.25, 0.3) is 0 Å². The highest BCUT2D eigenvalue weighted by Gasteiger charge is 2.29. The first-order chi connectivity index (χ1) is 17.8. The summed E-state index contributed by atoms with van der Waals surface area (Å²) in [5, 5.41) is 12.9. The maximum atomic E-state index is 13.1. The van der Waals surface area contributed by atoms with E-state index in [9.17, 15) is 32.7 Å². The standard InChI is InChI=1S/C27H32F3NO7/c1-16(7-5-6-12-31-26(35)36-4)22-14-21(32)23(25(34)38-22)24(33)18(3)17(2)13-19-8-10-20(11-9-19)37-15-27(28,29)30/h6,8-12,14,16-18,32H,5,7,13,15H2,1-4H3,(H,31,35)/b12-6+. The van der Waals surface area contributed by atoms with Crippen molar-refractivity contribution in [2.24, 2.45) is 11.8 Å². The van der Waals surface area contributed by atoms with Gasteiger partial charge < -0.3 is 19.0 Å². The number of amides is 1. The Morgan fingerprint density at radius 1 is 1.16 bits per heavy atom. The number of alkyl carbamates (subject to hydrolysis) is 1. The first kappa shape index (κ1) is 30.5. The molecule has 0 aliphatic heterocycles. The van der Waals surface area contributed by atoms with E-state index in [0.29, 0.717) is 19.3 Å². The monoisotopic (exact) mass is 539 g/mol. The summed E-state index contributed by atoms with van der Waals surface area (Å²) < 4.78 is 51.4. The van der Waals surface area contributed by atoms with Gasteiger partial charge in [0.25, 0.3) is 0 Å². The Bertz CT molecular complexity index is 1170. The summed E-state index contributed by atoms with van der Waals surface area (Å²) in [6.07, 6.45) is -0.391. The summed E-state index contributed by atoms with van der Waals surface area (Å²) in [6, 6.07) is 7.34. The molecule has 0 saturated carbocycles. The minimum atomic E-state index is -4.43. The predicted octanol–water partition coefficient (Wildman–Crippen LogP) is 5.74. The topological polar surface area (TPSA) is 115 Å². The smallest absolute Gasteiger partial charge is 0.422 e. The van der Waals surface area contributed by atoms with E-state index in [1.807, 2.05) is 0 Å². The molecule has 0 bridgehead atoms. The summed E-state index contributed by atoms with van der Waals surface area (Å²) in [7, 11) is 1.25. The number of rotatable bonds is 12. The van der Waals surface area contributed by atoms with Gasteiger partial charge in [-0.3, -0.25) is 10.1 Å². The average molecular weight is 540 g/mol. The fraction of sp³-hybridized carbons (Fsp3) is 0.444. The molecule has 1 amide bonds. The van der Waals surface area contributed by atoms with Gasteiger partial charge in [0, 0.05) is 24.1 Å². The number of methoxy groups -OCH3 is 1. The number of allylic oxidation sites excluding steroid dienone is 1. The van der Waals surface area contributed by atoms with Crippen LogP contribution in [0.4, 0.5) is 18.0 Å². The molecule has 2 rings (SSSR count). The van der Waals surface area contributed by atoms with Crippen LogP contribution in [-0.2, 0) is 11.2 Å². The van der Waals surface area contributed by atoms with E-state index in [1.54, 1.807) is 39.0 Å². The Kier molecular flexibility index (Phi) is 11.0. The Morgan fingerprint density at radius 3 is 2.39 bits per heavy atom. The summed E-state index contributed by atoms with van der Waals surface area (Å²) in [4.78, 5) is 36.7. The number of ketones is 1. The highest BCUT2D eigenvalue weighted by Crippen LogP contribution is 2.28. The number of ether oxygens (including phenoxy) is 2. The lowest BCUT2D eigenvalue weighted by atomic mass is 9.84. The zero-order valence-corrected chi connectivity index (χ0v) is 21.6. The zero-order valence-electron chi connectivity index (χ0n) is 21.6. The number of nitrogens with one attached hydrogen (secondary N) is 1. The van der Waals surface area contributed by atoms with E-state index < -0.39 is 47.5 Å². The van der Waals surface area contributed by atoms with Gasteiger partial charge in [-0.25, -0.2) is 9.59 Å². The first-order valence-electron chi connectivity index (χ1n) is 12.0. The van der Waals surface area contributed by atoms with Gasteiger partial charge in [-0.05, 0) is 42.9 Å². The second kappa shape index (κ2) is 13.7. The van der Waals surface area contributed by atoms with Crippen molar-refractivity contribution < 1.29 is 41.8 Å². The minimum Gasteiger partial charge on any atom is -0.507 e. The molecule has 1 heterocycles. The largest absolute Gasteiger partial charge is 0.507 e. The van der Waals surface area contributed by atoms with Gasteiger partial charge >= 0.3 is 17.9 Å². The minimum absolute atomic E-state index is 0.0774. The van der Waals surface area contributed by atoms with Crippen LogP contribution < -0.4 is 15.7 Å². The molecule has 208 valence electrons. The fourth-order valence-corrected chi connectivity index (χ4v) is 3.65. The summed E-state index contributed by atoms with van der Waals surface area (Å²) >= 11 is 0. The molecule has 1 aromatic carbocycles. The third-order valence-electron chi connectivity index (χ3n) is 6.10. The van der Waals surface area contributed by atoms with Crippen molar-refractivity contribution >= 4 is 11.9 Å². The second-order valence-corrected chi connectivity index (χ2v) is 9.10.